The van der Waals surface area contributed by atoms with Crippen molar-refractivity contribution in [3.8, 4) is 6.07 Å². The van der Waals surface area contributed by atoms with Gasteiger partial charge in [-0.2, -0.15) is 5.26 Å². The van der Waals surface area contributed by atoms with Crippen molar-refractivity contribution in [1.82, 2.24) is 0 Å². The molecular weight excluding hydrogens is 250 g/mol. The zero-order valence-corrected chi connectivity index (χ0v) is 10.8. The van der Waals surface area contributed by atoms with Gasteiger partial charge in [0.1, 0.15) is 23.6 Å². The predicted octanol–water partition coefficient (Wildman–Crippen LogP) is 2.28. The summed E-state index contributed by atoms with van der Waals surface area (Å²) in [5.41, 5.74) is 2.15. The Hall–Kier alpha value is -1.84. The van der Waals surface area contributed by atoms with E-state index in [1.165, 1.54) is 0 Å². The minimum Gasteiger partial charge on any atom is -0.613 e. The highest BCUT2D eigenvalue weighted by atomic mass is 32.3. The lowest BCUT2D eigenvalue weighted by molar-refractivity contribution is 0.477. The highest BCUT2D eigenvalue weighted by molar-refractivity contribution is 7.97. The summed E-state index contributed by atoms with van der Waals surface area (Å²) in [5.74, 6) is 0. The van der Waals surface area contributed by atoms with Crippen molar-refractivity contribution in [3.63, 3.8) is 0 Å². The van der Waals surface area contributed by atoms with Gasteiger partial charge in [0, 0.05) is 5.56 Å². The third kappa shape index (κ3) is 2.23. The first-order valence-corrected chi connectivity index (χ1v) is 7.20. The van der Waals surface area contributed by atoms with Crippen molar-refractivity contribution in [3.05, 3.63) is 41.0 Å². The van der Waals surface area contributed by atoms with Crippen LogP contribution in [0, 0.1) is 18.3 Å². The molecule has 6 heteroatoms. The largest absolute Gasteiger partial charge is 0.613 e. The Morgan fingerprint density at radius 3 is 2.78 bits per heavy atom. The second-order valence-electron chi connectivity index (χ2n) is 4.14. The second kappa shape index (κ2) is 4.44. The summed E-state index contributed by atoms with van der Waals surface area (Å²) in [5, 5.41) is 15.5. The lowest BCUT2D eigenvalue weighted by Crippen LogP contribution is -2.24. The number of benzene rings is 1. The van der Waals surface area contributed by atoms with E-state index < -0.39 is 15.6 Å². The summed E-state index contributed by atoms with van der Waals surface area (Å²) in [7, 11) is -3.46. The summed E-state index contributed by atoms with van der Waals surface area (Å²) in [6.45, 7) is 1.91. The van der Waals surface area contributed by atoms with Gasteiger partial charge in [-0.25, -0.2) is 0 Å². The van der Waals surface area contributed by atoms with Crippen LogP contribution in [-0.2, 0) is 14.4 Å². The van der Waals surface area contributed by atoms with Gasteiger partial charge in [-0.1, -0.05) is 23.8 Å². The number of hydrogen-bond acceptors (Lipinski definition) is 5. The quantitative estimate of drug-likeness (QED) is 0.765. The van der Waals surface area contributed by atoms with Crippen LogP contribution in [0.3, 0.4) is 0 Å². The molecule has 0 aromatic heterocycles. The summed E-state index contributed by atoms with van der Waals surface area (Å²) in [4.78, 5) is 0. The van der Waals surface area contributed by atoms with Gasteiger partial charge in [0.15, 0.2) is 0 Å². The van der Waals surface area contributed by atoms with Crippen LogP contribution < -0.4 is 0 Å². The summed E-state index contributed by atoms with van der Waals surface area (Å²) in [6.07, 6.45) is 1.05. The van der Waals surface area contributed by atoms with Crippen LogP contribution in [0.25, 0.3) is 5.70 Å². The molecule has 92 valence electrons. The first-order chi connectivity index (χ1) is 8.43. The Morgan fingerprint density at radius 2 is 2.22 bits per heavy atom. The third-order valence-electron chi connectivity index (χ3n) is 2.58. The molecule has 1 aliphatic rings. The molecule has 5 nitrogen and oxygen atoms in total. The molecular formula is C12H11N3O2S. The van der Waals surface area contributed by atoms with Crippen LogP contribution in [-0.4, -0.2) is 16.2 Å². The number of rotatable bonds is 2. The zero-order valence-electron chi connectivity index (χ0n) is 9.95. The minimum atomic E-state index is -3.46. The molecule has 0 radical (unpaired) electrons. The Labute approximate surface area is 106 Å². The van der Waals surface area contributed by atoms with Crippen LogP contribution in [0.15, 0.2) is 40.1 Å². The van der Waals surface area contributed by atoms with Crippen molar-refractivity contribution in [1.29, 1.82) is 5.26 Å². The van der Waals surface area contributed by atoms with Crippen molar-refractivity contribution >= 4 is 15.9 Å². The van der Waals surface area contributed by atoms with Crippen LogP contribution in [0.5, 0.6) is 0 Å². The molecule has 0 saturated heterocycles. The van der Waals surface area contributed by atoms with Crippen molar-refractivity contribution < 1.29 is 8.76 Å². The van der Waals surface area contributed by atoms with E-state index in [1.54, 1.807) is 6.07 Å². The molecule has 0 bridgehead atoms. The first-order valence-electron chi connectivity index (χ1n) is 5.24. The molecule has 1 heterocycles. The highest BCUT2D eigenvalue weighted by Gasteiger charge is 2.36. The van der Waals surface area contributed by atoms with Crippen LogP contribution in [0.1, 0.15) is 11.1 Å². The molecule has 0 aliphatic carbocycles. The molecule has 1 aromatic carbocycles. The summed E-state index contributed by atoms with van der Waals surface area (Å²) < 4.78 is 23.0. The lowest BCUT2D eigenvalue weighted by Gasteiger charge is -2.12. The zero-order chi connectivity index (χ0) is 13.3. The normalized spacial score (nSPS) is 21.8. The van der Waals surface area contributed by atoms with Gasteiger partial charge >= 0.3 is 0 Å². The summed E-state index contributed by atoms with van der Waals surface area (Å²) in [6, 6.07) is 9.27. The fraction of sp³-hybridized carbons (Fsp3) is 0.250. The van der Waals surface area contributed by atoms with Gasteiger partial charge in [-0.3, -0.25) is 0 Å². The number of azo groups is 1. The molecule has 1 aliphatic heterocycles. The maximum atomic E-state index is 11.5. The fourth-order valence-electron chi connectivity index (χ4n) is 1.75. The second-order valence-corrected chi connectivity index (χ2v) is 6.25. The average molecular weight is 261 g/mol. The van der Waals surface area contributed by atoms with Gasteiger partial charge in [0.2, 0.25) is 0 Å². The van der Waals surface area contributed by atoms with E-state index in [4.69, 9.17) is 5.26 Å². The number of nitriles is 1. The molecule has 0 spiro atoms. The number of sulfone groups is 1. The summed E-state index contributed by atoms with van der Waals surface area (Å²) >= 11 is 0. The van der Waals surface area contributed by atoms with E-state index in [9.17, 15) is 8.76 Å². The van der Waals surface area contributed by atoms with Gasteiger partial charge in [-0.05, 0) is 13.0 Å². The number of nitrogens with zero attached hydrogens (tertiary/aromatic N) is 3. The topological polar surface area (TPSA) is 88.6 Å². The maximum Gasteiger partial charge on any atom is 0.265 e. The average Bonchev–Trinajstić information content (AvgIpc) is 2.72. The third-order valence-corrected chi connectivity index (χ3v) is 3.72. The van der Waals surface area contributed by atoms with E-state index >= 15 is 0 Å². The molecule has 1 aromatic rings. The van der Waals surface area contributed by atoms with E-state index in [0.29, 0.717) is 11.3 Å². The predicted molar refractivity (Wildman–Crippen MR) is 67.1 cm³/mol. The maximum absolute atomic E-state index is 11.5. The first kappa shape index (κ1) is 12.6. The van der Waals surface area contributed by atoms with Gasteiger partial charge in [-0.15, -0.1) is 14.4 Å². The molecule has 0 N–H and O–H groups in total. The van der Waals surface area contributed by atoms with Crippen molar-refractivity contribution in [2.45, 2.75) is 12.3 Å². The number of aryl methyl sites for hydroxylation is 1. The Balaban J connectivity index is 2.55. The lowest BCUT2D eigenvalue weighted by atomic mass is 10.1. The monoisotopic (exact) mass is 261 g/mol. The minimum absolute atomic E-state index is 0.0862. The Bertz CT molecular complexity index is 637. The fourth-order valence-corrected chi connectivity index (χ4v) is 2.56. The van der Waals surface area contributed by atoms with E-state index in [0.717, 1.165) is 11.8 Å². The van der Waals surface area contributed by atoms with Crippen LogP contribution in [0.4, 0.5) is 0 Å². The Kier molecular flexibility index (Phi) is 3.11. The molecule has 2 atom stereocenters. The van der Waals surface area contributed by atoms with E-state index in [2.05, 4.69) is 10.2 Å². The van der Waals surface area contributed by atoms with Gasteiger partial charge < -0.3 is 4.55 Å². The van der Waals surface area contributed by atoms with Crippen molar-refractivity contribution in [2.24, 2.45) is 10.2 Å². The molecule has 2 unspecified atom stereocenters. The van der Waals surface area contributed by atoms with Crippen LogP contribution in [0.2, 0.25) is 0 Å². The molecule has 0 fully saturated rings. The number of hydrogen-bond donors (Lipinski definition) is 0. The van der Waals surface area contributed by atoms with E-state index in [1.807, 2.05) is 31.2 Å². The van der Waals surface area contributed by atoms with Gasteiger partial charge in [0.05, 0.1) is 10.2 Å². The molecule has 18 heavy (non-hydrogen) atoms. The standard InChI is InChI=1S/C12H11N3O2S/c1-8-4-3-5-9(6-8)11-10(7-13)12(15-14-11)18(2,16)17/h3-6,12H,1-2H3. The van der Waals surface area contributed by atoms with Gasteiger partial charge in [0.25, 0.3) is 5.37 Å². The molecule has 2 rings (SSSR count). The molecule has 0 saturated carbocycles. The van der Waals surface area contributed by atoms with Crippen LogP contribution >= 0.6 is 0 Å². The van der Waals surface area contributed by atoms with E-state index in [-0.39, 0.29) is 5.57 Å². The smallest absolute Gasteiger partial charge is 0.265 e. The highest BCUT2D eigenvalue weighted by Crippen LogP contribution is 2.33. The molecule has 0 amide bonds. The Morgan fingerprint density at radius 1 is 1.50 bits per heavy atom. The van der Waals surface area contributed by atoms with Crippen molar-refractivity contribution in [2.75, 3.05) is 6.26 Å². The SMILES string of the molecule is Cc1cccc(C2=C(C#N)C([S+](C)(=O)[O-])N=N2)c1.